The van der Waals surface area contributed by atoms with Gasteiger partial charge in [0.1, 0.15) is 0 Å². The highest BCUT2D eigenvalue weighted by atomic mass is 16.7. The fraction of sp³-hybridized carbons (Fsp3) is 0.125. The summed E-state index contributed by atoms with van der Waals surface area (Å²) in [5.74, 6) is 0. The van der Waals surface area contributed by atoms with Crippen LogP contribution in [0.1, 0.15) is 5.56 Å². The van der Waals surface area contributed by atoms with Crippen molar-refractivity contribution in [3.05, 3.63) is 39.9 Å². The van der Waals surface area contributed by atoms with Crippen LogP contribution in [0.3, 0.4) is 0 Å². The van der Waals surface area contributed by atoms with Gasteiger partial charge in [-0.05, 0) is 17.7 Å². The van der Waals surface area contributed by atoms with Gasteiger partial charge in [0.2, 0.25) is 0 Å². The first-order chi connectivity index (χ1) is 7.09. The van der Waals surface area contributed by atoms with E-state index >= 15 is 0 Å². The molecular weight excluding hydrogens is 202 g/mol. The lowest BCUT2D eigenvalue weighted by Crippen LogP contribution is -2.29. The van der Waals surface area contributed by atoms with Crippen LogP contribution in [-0.2, 0) is 11.4 Å². The van der Waals surface area contributed by atoms with Crippen LogP contribution in [0.5, 0.6) is 0 Å². The molecule has 1 aromatic carbocycles. The number of nitro benzene ring substituents is 1. The normalized spacial score (nSPS) is 9.60. The van der Waals surface area contributed by atoms with Gasteiger partial charge in [0.15, 0.2) is 0 Å². The maximum absolute atomic E-state index is 10.3. The number of nitro groups is 1. The van der Waals surface area contributed by atoms with E-state index < -0.39 is 11.0 Å². The average molecular weight is 211 g/mol. The van der Waals surface area contributed by atoms with Crippen LogP contribution in [0, 0.1) is 10.1 Å². The number of carbonyl (C=O) groups excluding carboxylic acids is 1. The standard InChI is InChI=1S/C8H9N3O4/c9-8(12)10-15-5-6-1-3-7(4-2-6)11(13)14/h1-4H,5H2,(H3,9,10,12). The van der Waals surface area contributed by atoms with Gasteiger partial charge in [0, 0.05) is 12.1 Å². The molecule has 0 aromatic heterocycles. The molecule has 3 N–H and O–H groups in total. The Morgan fingerprint density at radius 3 is 2.53 bits per heavy atom. The zero-order valence-corrected chi connectivity index (χ0v) is 7.67. The quantitative estimate of drug-likeness (QED) is 0.564. The Morgan fingerprint density at radius 2 is 2.07 bits per heavy atom. The fourth-order valence-electron chi connectivity index (χ4n) is 0.904. The second kappa shape index (κ2) is 4.91. The summed E-state index contributed by atoms with van der Waals surface area (Å²) in [7, 11) is 0. The Balaban J connectivity index is 2.50. The minimum atomic E-state index is -0.795. The van der Waals surface area contributed by atoms with Crippen LogP contribution in [0.2, 0.25) is 0 Å². The smallest absolute Gasteiger partial charge is 0.336 e. The van der Waals surface area contributed by atoms with Crippen molar-refractivity contribution >= 4 is 11.7 Å². The number of hydrogen-bond acceptors (Lipinski definition) is 4. The summed E-state index contributed by atoms with van der Waals surface area (Å²) >= 11 is 0. The van der Waals surface area contributed by atoms with E-state index in [1.807, 2.05) is 5.48 Å². The van der Waals surface area contributed by atoms with Crippen molar-refractivity contribution in [3.63, 3.8) is 0 Å². The molecule has 0 aliphatic rings. The molecule has 0 aliphatic heterocycles. The molecule has 0 atom stereocenters. The third-order valence-corrected chi connectivity index (χ3v) is 1.56. The molecule has 0 unspecified atom stereocenters. The Bertz CT molecular complexity index is 363. The second-order valence-electron chi connectivity index (χ2n) is 2.68. The highest BCUT2D eigenvalue weighted by Gasteiger charge is 2.03. The SMILES string of the molecule is NC(=O)NOCc1ccc([N+](=O)[O-])cc1. The summed E-state index contributed by atoms with van der Waals surface area (Å²) in [6, 6.07) is 4.96. The van der Waals surface area contributed by atoms with Crippen molar-refractivity contribution in [2.45, 2.75) is 6.61 Å². The predicted octanol–water partition coefficient (Wildman–Crippen LogP) is 0.695. The van der Waals surface area contributed by atoms with E-state index in [-0.39, 0.29) is 12.3 Å². The molecule has 0 saturated heterocycles. The van der Waals surface area contributed by atoms with Crippen LogP contribution >= 0.6 is 0 Å². The molecule has 0 saturated carbocycles. The average Bonchev–Trinajstić information content (AvgIpc) is 2.18. The van der Waals surface area contributed by atoms with Crippen molar-refractivity contribution in [2.24, 2.45) is 5.73 Å². The predicted molar refractivity (Wildman–Crippen MR) is 50.6 cm³/mol. The van der Waals surface area contributed by atoms with E-state index in [1.54, 1.807) is 0 Å². The first kappa shape index (κ1) is 10.9. The van der Waals surface area contributed by atoms with Gasteiger partial charge in [-0.25, -0.2) is 10.3 Å². The third kappa shape index (κ3) is 3.61. The number of urea groups is 1. The van der Waals surface area contributed by atoms with Gasteiger partial charge in [-0.1, -0.05) is 0 Å². The molecule has 0 fully saturated rings. The number of carbonyl (C=O) groups is 1. The van der Waals surface area contributed by atoms with Gasteiger partial charge >= 0.3 is 6.03 Å². The number of primary amides is 1. The zero-order valence-electron chi connectivity index (χ0n) is 7.67. The van der Waals surface area contributed by atoms with Crippen LogP contribution in [0.15, 0.2) is 24.3 Å². The number of nitrogens with zero attached hydrogens (tertiary/aromatic N) is 1. The van der Waals surface area contributed by atoms with Gasteiger partial charge in [-0.2, -0.15) is 0 Å². The Kier molecular flexibility index (Phi) is 3.58. The van der Waals surface area contributed by atoms with Crippen LogP contribution in [-0.4, -0.2) is 11.0 Å². The maximum atomic E-state index is 10.3. The highest BCUT2D eigenvalue weighted by molar-refractivity contribution is 5.70. The number of benzene rings is 1. The molecule has 0 heterocycles. The minimum absolute atomic E-state index is 0.00149. The number of non-ortho nitro benzene ring substituents is 1. The van der Waals surface area contributed by atoms with Gasteiger partial charge in [0.25, 0.3) is 5.69 Å². The van der Waals surface area contributed by atoms with Gasteiger partial charge in [-0.3, -0.25) is 15.0 Å². The topological polar surface area (TPSA) is 107 Å². The van der Waals surface area contributed by atoms with E-state index in [9.17, 15) is 14.9 Å². The molecule has 0 spiro atoms. The number of hydrogen-bond donors (Lipinski definition) is 2. The number of amides is 2. The largest absolute Gasteiger partial charge is 0.350 e. The highest BCUT2D eigenvalue weighted by Crippen LogP contribution is 2.11. The first-order valence-electron chi connectivity index (χ1n) is 4.00. The summed E-state index contributed by atoms with van der Waals surface area (Å²) in [5.41, 5.74) is 7.38. The number of rotatable bonds is 4. The summed E-state index contributed by atoms with van der Waals surface area (Å²) in [6.07, 6.45) is 0. The van der Waals surface area contributed by atoms with Gasteiger partial charge in [0.05, 0.1) is 11.5 Å². The molecule has 80 valence electrons. The summed E-state index contributed by atoms with van der Waals surface area (Å²) in [6.45, 7) is 0.0981. The van der Waals surface area contributed by atoms with E-state index in [1.165, 1.54) is 24.3 Å². The van der Waals surface area contributed by atoms with E-state index in [0.717, 1.165) is 0 Å². The van der Waals surface area contributed by atoms with Gasteiger partial charge < -0.3 is 5.73 Å². The first-order valence-corrected chi connectivity index (χ1v) is 4.00. The molecule has 0 radical (unpaired) electrons. The molecule has 7 heteroatoms. The molecule has 0 aliphatic carbocycles. The monoisotopic (exact) mass is 211 g/mol. The molecule has 15 heavy (non-hydrogen) atoms. The molecular formula is C8H9N3O4. The second-order valence-corrected chi connectivity index (χ2v) is 2.68. The fourth-order valence-corrected chi connectivity index (χ4v) is 0.904. The molecule has 7 nitrogen and oxygen atoms in total. The Hall–Kier alpha value is -2.15. The number of nitrogens with two attached hydrogens (primary N) is 1. The number of nitrogens with one attached hydrogen (secondary N) is 1. The summed E-state index contributed by atoms with van der Waals surface area (Å²) in [5, 5.41) is 10.3. The lowest BCUT2D eigenvalue weighted by Gasteiger charge is -2.02. The van der Waals surface area contributed by atoms with Crippen molar-refractivity contribution in [3.8, 4) is 0 Å². The van der Waals surface area contributed by atoms with E-state index in [0.29, 0.717) is 5.56 Å². The lowest BCUT2D eigenvalue weighted by atomic mass is 10.2. The van der Waals surface area contributed by atoms with Crippen molar-refractivity contribution in [1.29, 1.82) is 0 Å². The Morgan fingerprint density at radius 1 is 1.47 bits per heavy atom. The molecule has 1 rings (SSSR count). The van der Waals surface area contributed by atoms with Crippen LogP contribution < -0.4 is 11.2 Å². The third-order valence-electron chi connectivity index (χ3n) is 1.56. The minimum Gasteiger partial charge on any atom is -0.350 e. The van der Waals surface area contributed by atoms with Crippen molar-refractivity contribution in [2.75, 3.05) is 0 Å². The zero-order chi connectivity index (χ0) is 11.3. The molecule has 1 aromatic rings. The van der Waals surface area contributed by atoms with E-state index in [2.05, 4.69) is 4.84 Å². The summed E-state index contributed by atoms with van der Waals surface area (Å²) in [4.78, 5) is 24.7. The van der Waals surface area contributed by atoms with E-state index in [4.69, 9.17) is 5.73 Å². The van der Waals surface area contributed by atoms with Crippen LogP contribution in [0.4, 0.5) is 10.5 Å². The number of hydroxylamine groups is 1. The Labute approximate surface area is 84.9 Å². The van der Waals surface area contributed by atoms with Crippen molar-refractivity contribution < 1.29 is 14.6 Å². The molecule has 0 bridgehead atoms. The molecule has 2 amide bonds. The van der Waals surface area contributed by atoms with Crippen LogP contribution in [0.25, 0.3) is 0 Å². The lowest BCUT2D eigenvalue weighted by molar-refractivity contribution is -0.384. The van der Waals surface area contributed by atoms with Gasteiger partial charge in [-0.15, -0.1) is 0 Å². The maximum Gasteiger partial charge on any atom is 0.336 e. The van der Waals surface area contributed by atoms with Crippen molar-refractivity contribution in [1.82, 2.24) is 5.48 Å². The summed E-state index contributed by atoms with van der Waals surface area (Å²) < 4.78 is 0.